The molecule has 3 fully saturated rings. The number of nitrogens with one attached hydrogen (secondary N) is 1. The standard InChI is InChI=1S/C14H19N5O3.C12H15N5O3.C8H12N4O2.C6H10ClNO2.Li.H2O/c1-3-22-14(20)12-11-13(16-9-15-12)18(2)10(17-11)8-19-4-6-21-7-5-19;1-16-8(6-17-2-4-20-5-3-17)15-9-10(12(18)19)13-7-14-11(9)16;1-3-14-8(13)6-5(9)7(10-2)12-4-11-6;7-6(9)5-8-1-3-10-4-2-8;;/h9H,3-8H2,1-2H3;7H,2-6H2,1H3,(H,18,19);4H,3,9H2,1-2H3,(H,10,11,12);1-5H2;;1H2/q;;;;+1;/p-1. The van der Waals surface area contributed by atoms with Crippen molar-refractivity contribution in [2.75, 3.05) is 117 Å². The first kappa shape index (κ1) is 56.8. The van der Waals surface area contributed by atoms with Crippen LogP contribution in [0.15, 0.2) is 19.0 Å². The first-order chi connectivity index (χ1) is 31.9. The normalized spacial score (nSPS) is 15.1. The van der Waals surface area contributed by atoms with Gasteiger partial charge in [0, 0.05) is 60.4 Å². The zero-order valence-electron chi connectivity index (χ0n) is 39.1. The number of hydrogen-bond acceptors (Lipinski definition) is 23. The Morgan fingerprint density at radius 2 is 1.07 bits per heavy atom. The number of aromatic carboxylic acids is 1. The maximum atomic E-state index is 12.0. The third-order valence-corrected chi connectivity index (χ3v) is 10.3. The largest absolute Gasteiger partial charge is 1.00 e. The number of nitrogens with two attached hydrogens (primary N) is 1. The Morgan fingerprint density at radius 3 is 1.50 bits per heavy atom. The van der Waals surface area contributed by atoms with Gasteiger partial charge in [0.25, 0.3) is 0 Å². The number of ether oxygens (including phenoxy) is 5. The molecule has 5 aromatic heterocycles. The van der Waals surface area contributed by atoms with Gasteiger partial charge in [-0.05, 0) is 25.4 Å². The van der Waals surface area contributed by atoms with Gasteiger partial charge < -0.3 is 54.5 Å². The quantitative estimate of drug-likeness (QED) is 0.0658. The van der Waals surface area contributed by atoms with Crippen LogP contribution < -0.4 is 29.9 Å². The SMILES string of the molecule is CCOC(=O)c1ncnc(NC)c1N.CCOC(=O)c1ncnc2c1nc(CN1CCOCC1)n2C.Cn1c(CN2CCOCC2)nc2c(C(=O)O)ncnc21.O=C(Cl)CN1CCOCC1.[Li+].[OH-]. The Hall–Kier alpha value is -5.53. The van der Waals surface area contributed by atoms with E-state index in [1.54, 1.807) is 20.9 Å². The third kappa shape index (κ3) is 15.8. The fourth-order valence-corrected chi connectivity index (χ4v) is 6.86. The van der Waals surface area contributed by atoms with Gasteiger partial charge >= 0.3 is 36.8 Å². The molecule has 0 bridgehead atoms. The molecule has 3 saturated heterocycles. The summed E-state index contributed by atoms with van der Waals surface area (Å²) in [6, 6.07) is 0. The number of esters is 2. The first-order valence-electron chi connectivity index (χ1n) is 21.1. The van der Waals surface area contributed by atoms with Crippen molar-refractivity contribution in [3.8, 4) is 0 Å². The van der Waals surface area contributed by atoms with Gasteiger partial charge in [-0.2, -0.15) is 0 Å². The number of carbonyl (C=O) groups excluding carboxylic acids is 3. The number of carboxylic acids is 1. The smallest absolute Gasteiger partial charge is 0.870 e. The van der Waals surface area contributed by atoms with Crippen LogP contribution in [0.25, 0.3) is 22.3 Å². The minimum atomic E-state index is -1.09. The van der Waals surface area contributed by atoms with Crippen molar-refractivity contribution in [2.24, 2.45) is 14.1 Å². The van der Waals surface area contributed by atoms with Gasteiger partial charge in [-0.15, -0.1) is 0 Å². The molecule has 0 atom stereocenters. The van der Waals surface area contributed by atoms with Crippen molar-refractivity contribution in [2.45, 2.75) is 26.9 Å². The van der Waals surface area contributed by atoms with E-state index in [4.69, 9.17) is 46.1 Å². The molecule has 8 rings (SSSR count). The number of anilines is 2. The number of fused-ring (bicyclic) bond motifs is 2. The van der Waals surface area contributed by atoms with E-state index >= 15 is 0 Å². The molecule has 8 heterocycles. The number of nitrogen functional groups attached to an aromatic ring is 1. The Bertz CT molecular complexity index is 2410. The second-order valence-electron chi connectivity index (χ2n) is 14.5. The van der Waals surface area contributed by atoms with Gasteiger partial charge in [-0.3, -0.25) is 19.5 Å². The summed E-state index contributed by atoms with van der Waals surface area (Å²) in [5.41, 5.74) is 8.10. The van der Waals surface area contributed by atoms with Crippen molar-refractivity contribution in [3.05, 3.63) is 47.7 Å². The summed E-state index contributed by atoms with van der Waals surface area (Å²) in [6.45, 7) is 15.2. The number of hydrogen-bond donors (Lipinski definition) is 3. The molecule has 0 aliphatic carbocycles. The molecule has 5 aromatic rings. The summed E-state index contributed by atoms with van der Waals surface area (Å²) in [5.74, 6) is -0.0425. The molecule has 3 aliphatic rings. The van der Waals surface area contributed by atoms with Crippen LogP contribution in [0.5, 0.6) is 0 Å². The summed E-state index contributed by atoms with van der Waals surface area (Å²) >= 11 is 5.19. The van der Waals surface area contributed by atoms with Gasteiger partial charge in [0.2, 0.25) is 5.24 Å². The van der Waals surface area contributed by atoms with Gasteiger partial charge in [0.05, 0.1) is 72.5 Å². The molecule has 0 radical (unpaired) electrons. The average Bonchev–Trinajstić information content (AvgIpc) is 3.81. The minimum Gasteiger partial charge on any atom is -0.870 e. The third-order valence-electron chi connectivity index (χ3n) is 10.1. The fourth-order valence-electron chi connectivity index (χ4n) is 6.69. The monoisotopic (exact) mass is 965 g/mol. The van der Waals surface area contributed by atoms with Crippen LogP contribution in [0.3, 0.4) is 0 Å². The minimum absolute atomic E-state index is 0. The fraction of sp³-hybridized carbons (Fsp3) is 0.550. The van der Waals surface area contributed by atoms with Crippen molar-refractivity contribution >= 4 is 68.6 Å². The molecule has 0 saturated carbocycles. The number of morpholine rings is 3. The molecule has 26 nitrogen and oxygen atoms in total. The number of nitrogens with zero attached hydrogens (tertiary/aromatic N) is 13. The zero-order valence-corrected chi connectivity index (χ0v) is 39.8. The number of aromatic nitrogens is 10. The van der Waals surface area contributed by atoms with Gasteiger partial charge in [-0.1, -0.05) is 0 Å². The summed E-state index contributed by atoms with van der Waals surface area (Å²) in [4.78, 5) is 84.1. The van der Waals surface area contributed by atoms with Crippen LogP contribution in [0.1, 0.15) is 57.0 Å². The molecule has 0 unspecified atom stereocenters. The molecule has 0 spiro atoms. The van der Waals surface area contributed by atoms with Crippen LogP contribution in [0, 0.1) is 0 Å². The number of aryl methyl sites for hydroxylation is 2. The second-order valence-corrected chi connectivity index (χ2v) is 14.9. The summed E-state index contributed by atoms with van der Waals surface area (Å²) in [6.07, 6.45) is 3.88. The molecule has 28 heteroatoms. The van der Waals surface area contributed by atoms with Crippen LogP contribution in [-0.2, 0) is 55.7 Å². The van der Waals surface area contributed by atoms with Gasteiger partial charge in [0.1, 0.15) is 47.4 Å². The summed E-state index contributed by atoms with van der Waals surface area (Å²) < 4.78 is 29.3. The second kappa shape index (κ2) is 28.7. The summed E-state index contributed by atoms with van der Waals surface area (Å²) in [5, 5.41) is 11.6. The molecule has 68 heavy (non-hydrogen) atoms. The number of imidazole rings is 2. The van der Waals surface area contributed by atoms with Crippen LogP contribution >= 0.6 is 11.6 Å². The number of carboxylic acid groups (broad SMARTS) is 1. The van der Waals surface area contributed by atoms with E-state index in [1.807, 2.05) is 28.1 Å². The molecular formula is C40H57ClLiN15O11. The van der Waals surface area contributed by atoms with E-state index in [9.17, 15) is 19.2 Å². The predicted molar refractivity (Wildman–Crippen MR) is 240 cm³/mol. The summed E-state index contributed by atoms with van der Waals surface area (Å²) in [7, 11) is 5.39. The van der Waals surface area contributed by atoms with E-state index in [0.717, 1.165) is 64.1 Å². The topological polar surface area (TPSA) is 325 Å². The maximum absolute atomic E-state index is 12.0. The van der Waals surface area contributed by atoms with E-state index in [-0.39, 0.29) is 59.0 Å². The van der Waals surface area contributed by atoms with Gasteiger partial charge in [-0.25, -0.2) is 54.3 Å². The molecule has 0 aromatic carbocycles. The van der Waals surface area contributed by atoms with Crippen LogP contribution in [-0.4, -0.2) is 203 Å². The van der Waals surface area contributed by atoms with Crippen molar-refractivity contribution in [1.29, 1.82) is 0 Å². The first-order valence-corrected chi connectivity index (χ1v) is 21.5. The zero-order chi connectivity index (χ0) is 47.6. The maximum Gasteiger partial charge on any atom is 1.00 e. The average molecular weight is 966 g/mol. The van der Waals surface area contributed by atoms with Crippen LogP contribution in [0.4, 0.5) is 11.5 Å². The molecule has 0 amide bonds. The molecule has 366 valence electrons. The predicted octanol–water partition coefficient (Wildman–Crippen LogP) is -2.55. The number of halogens is 1. The Balaban J connectivity index is 0.000000247. The molecular weight excluding hydrogens is 909 g/mol. The number of rotatable bonds is 12. The Labute approximate surface area is 408 Å². The number of carbonyl (C=O) groups is 4. The Kier molecular flexibility index (Phi) is 24.0. The van der Waals surface area contributed by atoms with Gasteiger partial charge in [0.15, 0.2) is 34.2 Å². The van der Waals surface area contributed by atoms with Crippen molar-refractivity contribution in [3.63, 3.8) is 0 Å². The van der Waals surface area contributed by atoms with E-state index in [2.05, 4.69) is 55.0 Å². The van der Waals surface area contributed by atoms with Crippen LogP contribution in [0.2, 0.25) is 0 Å². The van der Waals surface area contributed by atoms with E-state index in [0.29, 0.717) is 80.8 Å². The van der Waals surface area contributed by atoms with Crippen molar-refractivity contribution in [1.82, 2.24) is 63.7 Å². The molecule has 5 N–H and O–H groups in total. The van der Waals surface area contributed by atoms with E-state index in [1.165, 1.54) is 19.0 Å². The van der Waals surface area contributed by atoms with Crippen molar-refractivity contribution < 1.29 is 72.3 Å². The Morgan fingerprint density at radius 1 is 0.676 bits per heavy atom. The van der Waals surface area contributed by atoms with E-state index < -0.39 is 17.9 Å². The molecule has 3 aliphatic heterocycles.